The van der Waals surface area contributed by atoms with Crippen LogP contribution in [0.1, 0.15) is 23.2 Å². The SMILES string of the molecule is O=C(Nc1ccc(F)cn1)c1cc(Cl)cc(OC(=O)C(F)(F)F)c1NC(=O)C1CCNCC1. The normalized spacial score (nSPS) is 14.5. The summed E-state index contributed by atoms with van der Waals surface area (Å²) in [4.78, 5) is 40.7. The van der Waals surface area contributed by atoms with Gasteiger partial charge in [0.1, 0.15) is 11.6 Å². The maximum atomic E-state index is 13.1. The van der Waals surface area contributed by atoms with Crippen molar-refractivity contribution in [2.45, 2.75) is 19.0 Å². The number of ether oxygens (including phenoxy) is 1. The van der Waals surface area contributed by atoms with Crippen molar-refractivity contribution in [1.29, 1.82) is 0 Å². The summed E-state index contributed by atoms with van der Waals surface area (Å²) in [6.45, 7) is 1.11. The van der Waals surface area contributed by atoms with Gasteiger partial charge in [-0.3, -0.25) is 9.59 Å². The smallest absolute Gasteiger partial charge is 0.418 e. The van der Waals surface area contributed by atoms with Crippen LogP contribution in [0.15, 0.2) is 30.5 Å². The van der Waals surface area contributed by atoms with E-state index in [1.807, 2.05) is 0 Å². The molecule has 33 heavy (non-hydrogen) atoms. The van der Waals surface area contributed by atoms with Crippen LogP contribution in [0.2, 0.25) is 5.02 Å². The molecule has 2 heterocycles. The third-order valence-corrected chi connectivity index (χ3v) is 4.89. The molecule has 1 aliphatic heterocycles. The second-order valence-corrected chi connectivity index (χ2v) is 7.48. The van der Waals surface area contributed by atoms with Crippen molar-refractivity contribution in [2.75, 3.05) is 23.7 Å². The minimum absolute atomic E-state index is 0.0779. The molecule has 1 fully saturated rings. The molecule has 0 spiro atoms. The largest absolute Gasteiger partial charge is 0.491 e. The molecule has 0 unspecified atom stereocenters. The van der Waals surface area contributed by atoms with Crippen LogP contribution in [-0.2, 0) is 9.59 Å². The van der Waals surface area contributed by atoms with Crippen LogP contribution in [0.3, 0.4) is 0 Å². The highest BCUT2D eigenvalue weighted by molar-refractivity contribution is 6.31. The van der Waals surface area contributed by atoms with Gasteiger partial charge < -0.3 is 20.7 Å². The van der Waals surface area contributed by atoms with Crippen molar-refractivity contribution >= 4 is 40.9 Å². The first-order valence-electron chi connectivity index (χ1n) is 9.61. The Labute approximate surface area is 189 Å². The van der Waals surface area contributed by atoms with Gasteiger partial charge in [-0.05, 0) is 44.1 Å². The summed E-state index contributed by atoms with van der Waals surface area (Å²) in [6.07, 6.45) is -3.58. The molecule has 8 nitrogen and oxygen atoms in total. The minimum Gasteiger partial charge on any atom is -0.418 e. The van der Waals surface area contributed by atoms with Crippen LogP contribution in [0, 0.1) is 11.7 Å². The van der Waals surface area contributed by atoms with Crippen LogP contribution >= 0.6 is 11.6 Å². The number of halogens is 5. The number of aromatic nitrogens is 1. The average Bonchev–Trinajstić information content (AvgIpc) is 2.76. The van der Waals surface area contributed by atoms with Crippen molar-refractivity contribution in [2.24, 2.45) is 5.92 Å². The van der Waals surface area contributed by atoms with E-state index in [1.54, 1.807) is 0 Å². The van der Waals surface area contributed by atoms with Gasteiger partial charge >= 0.3 is 12.1 Å². The molecule has 176 valence electrons. The number of hydrogen-bond acceptors (Lipinski definition) is 6. The molecular formula is C20H17ClF4N4O4. The second kappa shape index (κ2) is 10.1. The molecule has 3 N–H and O–H groups in total. The first kappa shape index (κ1) is 24.4. The average molecular weight is 489 g/mol. The van der Waals surface area contributed by atoms with Crippen molar-refractivity contribution in [3.05, 3.63) is 46.9 Å². The second-order valence-electron chi connectivity index (χ2n) is 7.04. The number of carbonyl (C=O) groups is 3. The topological polar surface area (TPSA) is 109 Å². The molecule has 2 aromatic rings. The Morgan fingerprint density at radius 3 is 2.42 bits per heavy atom. The molecule has 0 aliphatic carbocycles. The van der Waals surface area contributed by atoms with Gasteiger partial charge in [0.05, 0.1) is 17.4 Å². The zero-order valence-corrected chi connectivity index (χ0v) is 17.5. The van der Waals surface area contributed by atoms with E-state index in [0.717, 1.165) is 30.5 Å². The lowest BCUT2D eigenvalue weighted by Crippen LogP contribution is -2.35. The first-order chi connectivity index (χ1) is 15.5. The standard InChI is InChI=1S/C20H17ClF4N4O4/c21-11-7-13(18(31)28-15-2-1-12(22)9-27-15)16(14(8-11)33-19(32)20(23,24)25)29-17(30)10-3-5-26-6-4-10/h1-2,7-10,26H,3-6H2,(H,29,30)(H,27,28,31). The van der Waals surface area contributed by atoms with E-state index in [0.29, 0.717) is 25.9 Å². The monoisotopic (exact) mass is 488 g/mol. The Hall–Kier alpha value is -3.25. The lowest BCUT2D eigenvalue weighted by atomic mass is 9.97. The Morgan fingerprint density at radius 1 is 1.12 bits per heavy atom. The number of nitrogens with zero attached hydrogens (tertiary/aromatic N) is 1. The Bertz CT molecular complexity index is 1060. The van der Waals surface area contributed by atoms with Crippen LogP contribution in [0.4, 0.5) is 29.1 Å². The highest BCUT2D eigenvalue weighted by Crippen LogP contribution is 2.35. The maximum absolute atomic E-state index is 13.1. The third kappa shape index (κ3) is 6.39. The summed E-state index contributed by atoms with van der Waals surface area (Å²) in [7, 11) is 0. The fourth-order valence-electron chi connectivity index (χ4n) is 3.07. The zero-order valence-electron chi connectivity index (χ0n) is 16.8. The van der Waals surface area contributed by atoms with E-state index >= 15 is 0 Å². The first-order valence-corrected chi connectivity index (χ1v) is 9.99. The van der Waals surface area contributed by atoms with Gasteiger partial charge in [-0.1, -0.05) is 11.6 Å². The number of pyridine rings is 1. The summed E-state index contributed by atoms with van der Waals surface area (Å²) >= 11 is 5.93. The van der Waals surface area contributed by atoms with Gasteiger partial charge in [0.25, 0.3) is 5.91 Å². The summed E-state index contributed by atoms with van der Waals surface area (Å²) < 4.78 is 55.8. The molecule has 1 aromatic heterocycles. The number of alkyl halides is 3. The molecule has 0 saturated carbocycles. The van der Waals surface area contributed by atoms with Gasteiger partial charge in [-0.25, -0.2) is 14.2 Å². The van der Waals surface area contributed by atoms with Gasteiger partial charge in [0.2, 0.25) is 5.91 Å². The maximum Gasteiger partial charge on any atom is 0.491 e. The highest BCUT2D eigenvalue weighted by atomic mass is 35.5. The third-order valence-electron chi connectivity index (χ3n) is 4.67. The van der Waals surface area contributed by atoms with E-state index in [1.165, 1.54) is 0 Å². The summed E-state index contributed by atoms with van der Waals surface area (Å²) in [5, 5.41) is 7.54. The fraction of sp³-hybridized carbons (Fsp3) is 0.300. The quantitative estimate of drug-likeness (QED) is 0.337. The highest BCUT2D eigenvalue weighted by Gasteiger charge is 2.42. The number of nitrogens with one attached hydrogen (secondary N) is 3. The molecule has 0 atom stereocenters. The van der Waals surface area contributed by atoms with E-state index in [4.69, 9.17) is 11.6 Å². The minimum atomic E-state index is -5.33. The van der Waals surface area contributed by atoms with Crippen LogP contribution < -0.4 is 20.7 Å². The van der Waals surface area contributed by atoms with Gasteiger partial charge in [0, 0.05) is 17.0 Å². The van der Waals surface area contributed by atoms with Crippen molar-refractivity contribution in [3.63, 3.8) is 0 Å². The number of anilines is 2. The molecule has 0 bridgehead atoms. The molecular weight excluding hydrogens is 472 g/mol. The molecule has 1 aromatic carbocycles. The van der Waals surface area contributed by atoms with Gasteiger partial charge in [-0.15, -0.1) is 0 Å². The number of rotatable bonds is 5. The fourth-order valence-corrected chi connectivity index (χ4v) is 3.28. The van der Waals surface area contributed by atoms with E-state index in [2.05, 4.69) is 25.7 Å². The number of esters is 1. The molecule has 3 rings (SSSR count). The van der Waals surface area contributed by atoms with Crippen molar-refractivity contribution in [1.82, 2.24) is 10.3 Å². The van der Waals surface area contributed by atoms with Crippen LogP contribution in [-0.4, -0.2) is 42.0 Å². The molecule has 1 aliphatic rings. The molecule has 2 amide bonds. The van der Waals surface area contributed by atoms with Gasteiger partial charge in [-0.2, -0.15) is 13.2 Å². The Morgan fingerprint density at radius 2 is 1.82 bits per heavy atom. The lowest BCUT2D eigenvalue weighted by molar-refractivity contribution is -0.189. The molecule has 0 radical (unpaired) electrons. The number of hydrogen-bond donors (Lipinski definition) is 3. The Balaban J connectivity index is 1.98. The predicted molar refractivity (Wildman–Crippen MR) is 110 cm³/mol. The van der Waals surface area contributed by atoms with Crippen LogP contribution in [0.5, 0.6) is 5.75 Å². The molecule has 13 heteroatoms. The number of benzene rings is 1. The summed E-state index contributed by atoms with van der Waals surface area (Å²) in [5.74, 6) is -6.06. The van der Waals surface area contributed by atoms with E-state index in [9.17, 15) is 31.9 Å². The number of carbonyl (C=O) groups excluding carboxylic acids is 3. The van der Waals surface area contributed by atoms with Crippen molar-refractivity contribution in [3.8, 4) is 5.75 Å². The number of piperidine rings is 1. The Kier molecular flexibility index (Phi) is 7.49. The zero-order chi connectivity index (χ0) is 24.2. The predicted octanol–water partition coefficient (Wildman–Crippen LogP) is 3.53. The lowest BCUT2D eigenvalue weighted by Gasteiger charge is -2.23. The van der Waals surface area contributed by atoms with E-state index < -0.39 is 47.1 Å². The van der Waals surface area contributed by atoms with Gasteiger partial charge in [0.15, 0.2) is 5.75 Å². The number of amides is 2. The van der Waals surface area contributed by atoms with Crippen molar-refractivity contribution < 1.29 is 36.7 Å². The van der Waals surface area contributed by atoms with Crippen LogP contribution in [0.25, 0.3) is 0 Å². The molecule has 1 saturated heterocycles. The summed E-state index contributed by atoms with van der Waals surface area (Å²) in [5.41, 5.74) is -0.860. The van der Waals surface area contributed by atoms with E-state index in [-0.39, 0.29) is 16.4 Å². The summed E-state index contributed by atoms with van der Waals surface area (Å²) in [6, 6.07) is 4.12.